The molecule has 1 aromatic heterocycles. The molecule has 2 nitrogen and oxygen atoms in total. The minimum atomic E-state index is -0.0305. The van der Waals surface area contributed by atoms with Gasteiger partial charge >= 0.3 is 0 Å². The summed E-state index contributed by atoms with van der Waals surface area (Å²) in [5.41, 5.74) is 6.73. The van der Waals surface area contributed by atoms with E-state index in [4.69, 9.17) is 0 Å². The van der Waals surface area contributed by atoms with Crippen molar-refractivity contribution in [3.63, 3.8) is 0 Å². The van der Waals surface area contributed by atoms with Gasteiger partial charge in [-0.2, -0.15) is 0 Å². The van der Waals surface area contributed by atoms with Gasteiger partial charge in [0.25, 0.3) is 5.91 Å². The number of fused-ring (bicyclic) bond motifs is 1. The number of carbonyl (C=O) groups is 1. The van der Waals surface area contributed by atoms with E-state index in [1.165, 1.54) is 22.1 Å². The predicted octanol–water partition coefficient (Wildman–Crippen LogP) is 6.67. The largest absolute Gasteiger partial charge is 0.321 e. The molecule has 0 saturated heterocycles. The van der Waals surface area contributed by atoms with Crippen LogP contribution < -0.4 is 5.32 Å². The van der Waals surface area contributed by atoms with Gasteiger partial charge in [-0.1, -0.05) is 60.2 Å². The second kappa shape index (κ2) is 7.61. The fraction of sp³-hybridized carbons (Fsp3) is 0.160. The summed E-state index contributed by atoms with van der Waals surface area (Å²) in [5, 5.41) is 4.30. The first-order chi connectivity index (χ1) is 13.5. The molecular formula is C25H23NOS. The van der Waals surface area contributed by atoms with E-state index in [1.807, 2.05) is 31.2 Å². The number of amides is 1. The van der Waals surface area contributed by atoms with E-state index in [1.54, 1.807) is 11.3 Å². The van der Waals surface area contributed by atoms with Gasteiger partial charge < -0.3 is 5.32 Å². The summed E-state index contributed by atoms with van der Waals surface area (Å²) in [4.78, 5) is 14.0. The third-order valence-electron chi connectivity index (χ3n) is 5.26. The minimum Gasteiger partial charge on any atom is -0.321 e. The Labute approximate surface area is 169 Å². The summed E-state index contributed by atoms with van der Waals surface area (Å²) in [7, 11) is 0. The fourth-order valence-corrected chi connectivity index (χ4v) is 4.55. The third-order valence-corrected chi connectivity index (χ3v) is 6.47. The minimum absolute atomic E-state index is 0.0305. The highest BCUT2D eigenvalue weighted by Crippen LogP contribution is 2.34. The zero-order valence-corrected chi connectivity index (χ0v) is 17.2. The van der Waals surface area contributed by atoms with Gasteiger partial charge in [0.15, 0.2) is 0 Å². The lowest BCUT2D eigenvalue weighted by Gasteiger charge is -2.11. The Bertz CT molecular complexity index is 1160. The van der Waals surface area contributed by atoms with Crippen molar-refractivity contribution in [2.75, 3.05) is 5.32 Å². The van der Waals surface area contributed by atoms with Crippen LogP contribution in [0.4, 0.5) is 5.69 Å². The molecule has 1 N–H and O–H groups in total. The Kier molecular flexibility index (Phi) is 5.01. The van der Waals surface area contributed by atoms with E-state index >= 15 is 0 Å². The summed E-state index contributed by atoms with van der Waals surface area (Å²) in [5.74, 6) is -0.0305. The van der Waals surface area contributed by atoms with Crippen molar-refractivity contribution in [1.29, 1.82) is 0 Å². The van der Waals surface area contributed by atoms with Gasteiger partial charge in [0.2, 0.25) is 0 Å². The van der Waals surface area contributed by atoms with Gasteiger partial charge in [-0.15, -0.1) is 11.3 Å². The zero-order valence-electron chi connectivity index (χ0n) is 16.4. The molecule has 1 amide bonds. The van der Waals surface area contributed by atoms with Gasteiger partial charge in [0.05, 0.1) is 4.88 Å². The lowest BCUT2D eigenvalue weighted by Crippen LogP contribution is -2.13. The second-order valence-electron chi connectivity index (χ2n) is 7.27. The maximum absolute atomic E-state index is 13.2. The summed E-state index contributed by atoms with van der Waals surface area (Å²) < 4.78 is 1.15. The Morgan fingerprint density at radius 2 is 1.64 bits per heavy atom. The Morgan fingerprint density at radius 1 is 0.893 bits per heavy atom. The van der Waals surface area contributed by atoms with Crippen LogP contribution in [0.25, 0.3) is 10.1 Å². The van der Waals surface area contributed by atoms with Gasteiger partial charge in [-0.05, 0) is 67.0 Å². The topological polar surface area (TPSA) is 29.1 Å². The molecule has 4 rings (SSSR count). The predicted molar refractivity (Wildman–Crippen MR) is 120 cm³/mol. The molecule has 0 aliphatic carbocycles. The number of thiophene rings is 1. The van der Waals surface area contributed by atoms with Crippen molar-refractivity contribution < 1.29 is 4.79 Å². The molecule has 0 spiro atoms. The van der Waals surface area contributed by atoms with E-state index in [-0.39, 0.29) is 5.91 Å². The Morgan fingerprint density at radius 3 is 2.43 bits per heavy atom. The smallest absolute Gasteiger partial charge is 0.266 e. The molecule has 3 aromatic carbocycles. The Hall–Kier alpha value is -2.91. The van der Waals surface area contributed by atoms with Crippen molar-refractivity contribution in [3.8, 4) is 0 Å². The summed E-state index contributed by atoms with van der Waals surface area (Å²) in [6.45, 7) is 6.20. The highest BCUT2D eigenvalue weighted by atomic mass is 32.1. The molecule has 0 unspecified atom stereocenters. The molecular weight excluding hydrogens is 362 g/mol. The van der Waals surface area contributed by atoms with E-state index in [0.29, 0.717) is 0 Å². The number of aryl methyl sites for hydroxylation is 2. The van der Waals surface area contributed by atoms with Gasteiger partial charge in [-0.3, -0.25) is 4.79 Å². The van der Waals surface area contributed by atoms with E-state index in [2.05, 4.69) is 61.6 Å². The molecule has 0 radical (unpaired) electrons. The lowest BCUT2D eigenvalue weighted by atomic mass is 10.0. The maximum atomic E-state index is 13.2. The van der Waals surface area contributed by atoms with Crippen LogP contribution in [0.2, 0.25) is 0 Å². The first kappa shape index (κ1) is 18.5. The molecule has 0 aliphatic heterocycles. The summed E-state index contributed by atoms with van der Waals surface area (Å²) >= 11 is 1.57. The monoisotopic (exact) mass is 385 g/mol. The highest BCUT2D eigenvalue weighted by Gasteiger charge is 2.19. The van der Waals surface area contributed by atoms with E-state index < -0.39 is 0 Å². The molecule has 0 saturated carbocycles. The summed E-state index contributed by atoms with van der Waals surface area (Å²) in [6.07, 6.45) is 0.750. The molecule has 3 heteroatoms. The van der Waals surface area contributed by atoms with Crippen LogP contribution in [0.5, 0.6) is 0 Å². The fourth-order valence-electron chi connectivity index (χ4n) is 3.43. The number of anilines is 1. The quantitative estimate of drug-likeness (QED) is 0.417. The SMILES string of the molecule is Cc1ccc(Cc2c(C(=O)Nc3cccc(C)c3C)sc3ccccc23)cc1. The highest BCUT2D eigenvalue weighted by molar-refractivity contribution is 7.21. The molecule has 1 heterocycles. The van der Waals surface area contributed by atoms with Crippen molar-refractivity contribution in [1.82, 2.24) is 0 Å². The van der Waals surface area contributed by atoms with Crippen LogP contribution >= 0.6 is 11.3 Å². The molecule has 0 bridgehead atoms. The second-order valence-corrected chi connectivity index (χ2v) is 8.32. The van der Waals surface area contributed by atoms with Crippen LogP contribution in [-0.2, 0) is 6.42 Å². The molecule has 0 atom stereocenters. The third kappa shape index (κ3) is 3.58. The van der Waals surface area contributed by atoms with E-state index in [0.717, 1.165) is 32.8 Å². The number of carbonyl (C=O) groups excluding carboxylic acids is 1. The van der Waals surface area contributed by atoms with Crippen LogP contribution in [-0.4, -0.2) is 5.91 Å². The van der Waals surface area contributed by atoms with Crippen molar-refractivity contribution in [2.24, 2.45) is 0 Å². The standard InChI is InChI=1S/C25H23NOS/c1-16-11-13-19(14-12-16)15-21-20-8-4-5-10-23(20)28-24(21)25(27)26-22-9-6-7-17(2)18(22)3/h4-14H,15H2,1-3H3,(H,26,27). The molecule has 140 valence electrons. The number of benzene rings is 3. The van der Waals surface area contributed by atoms with Crippen molar-refractivity contribution in [3.05, 3.63) is 99.4 Å². The average molecular weight is 386 g/mol. The van der Waals surface area contributed by atoms with Crippen LogP contribution in [0, 0.1) is 20.8 Å². The van der Waals surface area contributed by atoms with Crippen LogP contribution in [0.15, 0.2) is 66.7 Å². The number of rotatable bonds is 4. The van der Waals surface area contributed by atoms with Crippen LogP contribution in [0.3, 0.4) is 0 Å². The molecule has 0 fully saturated rings. The first-order valence-corrected chi connectivity index (χ1v) is 10.3. The lowest BCUT2D eigenvalue weighted by molar-refractivity contribution is 0.103. The first-order valence-electron chi connectivity index (χ1n) is 9.46. The number of hydrogen-bond acceptors (Lipinski definition) is 2. The zero-order chi connectivity index (χ0) is 19.7. The van der Waals surface area contributed by atoms with E-state index in [9.17, 15) is 4.79 Å². The van der Waals surface area contributed by atoms with Crippen molar-refractivity contribution in [2.45, 2.75) is 27.2 Å². The normalized spacial score (nSPS) is 11.0. The maximum Gasteiger partial charge on any atom is 0.266 e. The van der Waals surface area contributed by atoms with Gasteiger partial charge in [0, 0.05) is 10.4 Å². The van der Waals surface area contributed by atoms with Gasteiger partial charge in [-0.25, -0.2) is 0 Å². The van der Waals surface area contributed by atoms with Crippen molar-refractivity contribution >= 4 is 33.0 Å². The van der Waals surface area contributed by atoms with Gasteiger partial charge in [0.1, 0.15) is 0 Å². The molecule has 0 aliphatic rings. The average Bonchev–Trinajstić information content (AvgIpc) is 3.06. The molecule has 4 aromatic rings. The number of nitrogens with one attached hydrogen (secondary N) is 1. The number of hydrogen-bond donors (Lipinski definition) is 1. The summed E-state index contributed by atoms with van der Waals surface area (Å²) in [6, 6.07) is 22.8. The Balaban J connectivity index is 1.74. The molecule has 28 heavy (non-hydrogen) atoms. The van der Waals surface area contributed by atoms with Crippen LogP contribution in [0.1, 0.15) is 37.5 Å².